The topological polar surface area (TPSA) is 41.1 Å². The molecule has 1 amide bonds. The summed E-state index contributed by atoms with van der Waals surface area (Å²) in [6, 6.07) is 5.17. The normalized spacial score (nSPS) is 10.9. The van der Waals surface area contributed by atoms with Gasteiger partial charge in [-0.25, -0.2) is 0 Å². The monoisotopic (exact) mass is 442 g/mol. The number of carbonyl (C=O) groups excluding carboxylic acids is 1. The molecule has 3 nitrogen and oxygen atoms in total. The Morgan fingerprint density at radius 3 is 1.86 bits per heavy atom. The largest absolute Gasteiger partial charge is 0.375 e. The zero-order valence-corrected chi connectivity index (χ0v) is 19.7. The first-order valence-corrected chi connectivity index (χ1v) is 12.3. The first-order chi connectivity index (χ1) is 14.1. The fourth-order valence-corrected chi connectivity index (χ4v) is 3.77. The van der Waals surface area contributed by atoms with Gasteiger partial charge < -0.3 is 10.6 Å². The lowest BCUT2D eigenvalue weighted by Gasteiger charge is -2.09. The van der Waals surface area contributed by atoms with E-state index in [4.69, 9.17) is 23.2 Å². The molecule has 0 bridgehead atoms. The minimum atomic E-state index is -0.0178. The number of hydrogen-bond donors (Lipinski definition) is 2. The maximum Gasteiger partial charge on any atom is 0.239 e. The minimum Gasteiger partial charge on any atom is -0.375 e. The van der Waals surface area contributed by atoms with Gasteiger partial charge in [0.2, 0.25) is 5.91 Å². The lowest BCUT2D eigenvalue weighted by Crippen LogP contribution is -2.30. The molecule has 0 radical (unpaired) electrons. The fraction of sp³-hybridized carbons (Fsp3) is 0.708. The van der Waals surface area contributed by atoms with Crippen molar-refractivity contribution in [3.8, 4) is 0 Å². The smallest absolute Gasteiger partial charge is 0.239 e. The second-order valence-electron chi connectivity index (χ2n) is 7.92. The van der Waals surface area contributed by atoms with Crippen LogP contribution in [0.4, 0.5) is 5.69 Å². The number of hydrogen-bond acceptors (Lipinski definition) is 2. The maximum absolute atomic E-state index is 11.9. The molecule has 0 aliphatic carbocycles. The molecular weight excluding hydrogens is 403 g/mol. The zero-order valence-electron chi connectivity index (χ0n) is 18.2. The Bertz CT molecular complexity index is 552. The molecule has 0 spiro atoms. The number of rotatable bonds is 18. The van der Waals surface area contributed by atoms with Gasteiger partial charge >= 0.3 is 0 Å². The molecule has 29 heavy (non-hydrogen) atoms. The Kier molecular flexibility index (Phi) is 16.1. The van der Waals surface area contributed by atoms with Gasteiger partial charge in [-0.15, -0.1) is 0 Å². The van der Waals surface area contributed by atoms with Crippen molar-refractivity contribution in [1.29, 1.82) is 0 Å². The van der Waals surface area contributed by atoms with Crippen LogP contribution in [0, 0.1) is 0 Å². The Morgan fingerprint density at radius 2 is 1.31 bits per heavy atom. The zero-order chi connectivity index (χ0) is 21.2. The van der Waals surface area contributed by atoms with Crippen molar-refractivity contribution in [2.24, 2.45) is 0 Å². The van der Waals surface area contributed by atoms with E-state index in [9.17, 15) is 4.79 Å². The van der Waals surface area contributed by atoms with Crippen molar-refractivity contribution >= 4 is 34.8 Å². The van der Waals surface area contributed by atoms with Gasteiger partial charge in [-0.1, -0.05) is 114 Å². The summed E-state index contributed by atoms with van der Waals surface area (Å²) in [5, 5.41) is 7.14. The van der Waals surface area contributed by atoms with E-state index in [-0.39, 0.29) is 12.5 Å². The van der Waals surface area contributed by atoms with Crippen LogP contribution in [0.2, 0.25) is 10.0 Å². The fourth-order valence-electron chi connectivity index (χ4n) is 3.42. The summed E-state index contributed by atoms with van der Waals surface area (Å²) in [6.45, 7) is 3.22. The number of unbranched alkanes of at least 4 members (excludes halogenated alkanes) is 13. The number of anilines is 1. The van der Waals surface area contributed by atoms with Gasteiger partial charge in [0.05, 0.1) is 17.3 Å². The molecule has 0 aliphatic heterocycles. The summed E-state index contributed by atoms with van der Waals surface area (Å²) >= 11 is 12.0. The summed E-state index contributed by atoms with van der Waals surface area (Å²) in [5.41, 5.74) is 0.686. The third kappa shape index (κ3) is 14.7. The van der Waals surface area contributed by atoms with Crippen LogP contribution in [0.5, 0.6) is 0 Å². The van der Waals surface area contributed by atoms with Crippen molar-refractivity contribution in [3.05, 3.63) is 28.2 Å². The molecule has 166 valence electrons. The van der Waals surface area contributed by atoms with Gasteiger partial charge in [0.1, 0.15) is 0 Å². The van der Waals surface area contributed by atoms with Crippen LogP contribution in [-0.2, 0) is 4.79 Å². The van der Waals surface area contributed by atoms with Crippen molar-refractivity contribution in [2.75, 3.05) is 18.4 Å². The number of halogens is 2. The van der Waals surface area contributed by atoms with Crippen LogP contribution in [0.25, 0.3) is 0 Å². The molecule has 0 unspecified atom stereocenters. The predicted molar refractivity (Wildman–Crippen MR) is 128 cm³/mol. The van der Waals surface area contributed by atoms with E-state index in [1.807, 2.05) is 0 Å². The summed E-state index contributed by atoms with van der Waals surface area (Å²) in [7, 11) is 0. The van der Waals surface area contributed by atoms with Gasteiger partial charge in [0, 0.05) is 11.6 Å². The second kappa shape index (κ2) is 17.9. The summed E-state index contributed by atoms with van der Waals surface area (Å²) in [4.78, 5) is 11.9. The van der Waals surface area contributed by atoms with E-state index in [0.29, 0.717) is 15.7 Å². The Morgan fingerprint density at radius 1 is 0.793 bits per heavy atom. The van der Waals surface area contributed by atoms with Gasteiger partial charge in [-0.2, -0.15) is 0 Å². The molecule has 0 saturated carbocycles. The molecule has 1 rings (SSSR count). The molecule has 0 fully saturated rings. The van der Waals surface area contributed by atoms with E-state index >= 15 is 0 Å². The highest BCUT2D eigenvalue weighted by atomic mass is 35.5. The molecule has 0 heterocycles. The van der Waals surface area contributed by atoms with E-state index in [1.165, 1.54) is 83.5 Å². The third-order valence-electron chi connectivity index (χ3n) is 5.22. The lowest BCUT2D eigenvalue weighted by molar-refractivity contribution is -0.119. The summed E-state index contributed by atoms with van der Waals surface area (Å²) in [5.74, 6) is -0.0178. The first kappa shape index (κ1) is 26.1. The van der Waals surface area contributed by atoms with Crippen LogP contribution < -0.4 is 10.6 Å². The number of carbonyl (C=O) groups is 1. The summed E-state index contributed by atoms with van der Waals surface area (Å²) < 4.78 is 0. The highest BCUT2D eigenvalue weighted by Crippen LogP contribution is 2.25. The van der Waals surface area contributed by atoms with E-state index < -0.39 is 0 Å². The van der Waals surface area contributed by atoms with Crippen LogP contribution in [-0.4, -0.2) is 19.0 Å². The standard InChI is InChI=1S/C24H40Cl2N2O/c1-2-3-4-5-6-7-8-9-10-11-12-13-14-15-18-27-24(29)20-28-23-19-21(25)16-17-22(23)26/h16-17,19,28H,2-15,18,20H2,1H3,(H,27,29). The molecule has 1 aromatic carbocycles. The summed E-state index contributed by atoms with van der Waals surface area (Å²) in [6.07, 6.45) is 18.8. The lowest BCUT2D eigenvalue weighted by atomic mass is 10.0. The molecule has 1 aromatic rings. The third-order valence-corrected chi connectivity index (χ3v) is 5.78. The molecular formula is C24H40Cl2N2O. The highest BCUT2D eigenvalue weighted by molar-refractivity contribution is 6.35. The Balaban J connectivity index is 1.86. The van der Waals surface area contributed by atoms with Crippen molar-refractivity contribution in [2.45, 2.75) is 96.8 Å². The number of benzene rings is 1. The second-order valence-corrected chi connectivity index (χ2v) is 8.77. The number of nitrogens with one attached hydrogen (secondary N) is 2. The molecule has 0 aromatic heterocycles. The molecule has 2 N–H and O–H groups in total. The predicted octanol–water partition coefficient (Wildman–Crippen LogP) is 8.00. The Hall–Kier alpha value is -0.930. The Labute approximate surface area is 188 Å². The molecule has 0 atom stereocenters. The van der Waals surface area contributed by atoms with Gasteiger partial charge in [0.15, 0.2) is 0 Å². The van der Waals surface area contributed by atoms with E-state index in [1.54, 1.807) is 18.2 Å². The average Bonchev–Trinajstić information content (AvgIpc) is 2.71. The average molecular weight is 444 g/mol. The van der Waals surface area contributed by atoms with Crippen LogP contribution in [0.3, 0.4) is 0 Å². The quantitative estimate of drug-likeness (QED) is 0.226. The van der Waals surface area contributed by atoms with Crippen LogP contribution in [0.15, 0.2) is 18.2 Å². The first-order valence-electron chi connectivity index (χ1n) is 11.6. The SMILES string of the molecule is CCCCCCCCCCCCCCCCNC(=O)CNc1cc(Cl)ccc1Cl. The molecule has 0 saturated heterocycles. The maximum atomic E-state index is 11.9. The van der Waals surface area contributed by atoms with Gasteiger partial charge in [-0.05, 0) is 24.6 Å². The van der Waals surface area contributed by atoms with Crippen LogP contribution >= 0.6 is 23.2 Å². The number of amides is 1. The molecule has 5 heteroatoms. The van der Waals surface area contributed by atoms with Crippen LogP contribution in [0.1, 0.15) is 96.8 Å². The van der Waals surface area contributed by atoms with E-state index in [0.717, 1.165) is 13.0 Å². The highest BCUT2D eigenvalue weighted by Gasteiger charge is 2.04. The van der Waals surface area contributed by atoms with E-state index in [2.05, 4.69) is 17.6 Å². The minimum absolute atomic E-state index is 0.0178. The molecule has 0 aliphatic rings. The van der Waals surface area contributed by atoms with Crippen molar-refractivity contribution in [3.63, 3.8) is 0 Å². The van der Waals surface area contributed by atoms with Crippen molar-refractivity contribution in [1.82, 2.24) is 5.32 Å². The van der Waals surface area contributed by atoms with Gasteiger partial charge in [-0.3, -0.25) is 4.79 Å². The van der Waals surface area contributed by atoms with Crippen molar-refractivity contribution < 1.29 is 4.79 Å². The van der Waals surface area contributed by atoms with Gasteiger partial charge in [0.25, 0.3) is 0 Å².